The van der Waals surface area contributed by atoms with Gasteiger partial charge in [0.15, 0.2) is 0 Å². The van der Waals surface area contributed by atoms with Crippen molar-refractivity contribution >= 4 is 11.7 Å². The van der Waals surface area contributed by atoms with Crippen molar-refractivity contribution in [3.05, 3.63) is 47.2 Å². The van der Waals surface area contributed by atoms with E-state index in [9.17, 15) is 9.90 Å². The summed E-state index contributed by atoms with van der Waals surface area (Å²) in [5, 5.41) is 15.2. The average Bonchev–Trinajstić information content (AvgIpc) is 2.51. The number of nitrogens with zero attached hydrogens (tertiary/aromatic N) is 1. The second kappa shape index (κ2) is 6.80. The van der Waals surface area contributed by atoms with Gasteiger partial charge in [0, 0.05) is 12.7 Å². The van der Waals surface area contributed by atoms with Crippen molar-refractivity contribution in [3.8, 4) is 11.6 Å². The number of urea groups is 1. The number of carbonyl (C=O) groups is 1. The quantitative estimate of drug-likeness (QED) is 0.811. The fourth-order valence-electron chi connectivity index (χ4n) is 2.15. The van der Waals surface area contributed by atoms with Crippen LogP contribution in [0.5, 0.6) is 11.6 Å². The van der Waals surface area contributed by atoms with Gasteiger partial charge in [-0.3, -0.25) is 0 Å². The molecule has 0 aliphatic heterocycles. The number of phenols is 1. The first-order chi connectivity index (χ1) is 10.5. The molecule has 6 nitrogen and oxygen atoms in total. The number of hydrogen-bond acceptors (Lipinski definition) is 4. The smallest absolute Gasteiger partial charge is 0.319 e. The molecular weight excluding hydrogens is 282 g/mol. The highest BCUT2D eigenvalue weighted by molar-refractivity contribution is 5.90. The molecule has 0 fully saturated rings. The first-order valence-electron chi connectivity index (χ1n) is 6.84. The number of phenolic OH excluding ortho intramolecular Hbond substituents is 1. The zero-order valence-electron chi connectivity index (χ0n) is 12.8. The fraction of sp³-hybridized carbons (Fsp3) is 0.250. The van der Waals surface area contributed by atoms with Gasteiger partial charge in [-0.15, -0.1) is 0 Å². The topological polar surface area (TPSA) is 83.5 Å². The van der Waals surface area contributed by atoms with Gasteiger partial charge >= 0.3 is 6.03 Å². The van der Waals surface area contributed by atoms with Gasteiger partial charge in [0.1, 0.15) is 11.4 Å². The SMILES string of the molecule is COc1ncccc1NC(=O)NCc1cc(C)c(O)c(C)c1. The number of amides is 2. The highest BCUT2D eigenvalue weighted by atomic mass is 16.5. The van der Waals surface area contributed by atoms with Crippen molar-refractivity contribution in [1.82, 2.24) is 10.3 Å². The van der Waals surface area contributed by atoms with Gasteiger partial charge in [0.25, 0.3) is 0 Å². The van der Waals surface area contributed by atoms with Crippen molar-refractivity contribution in [2.45, 2.75) is 20.4 Å². The molecule has 0 bridgehead atoms. The average molecular weight is 301 g/mol. The van der Waals surface area contributed by atoms with E-state index in [2.05, 4.69) is 15.6 Å². The monoisotopic (exact) mass is 301 g/mol. The molecule has 0 aliphatic carbocycles. The van der Waals surface area contributed by atoms with Gasteiger partial charge in [0.2, 0.25) is 5.88 Å². The van der Waals surface area contributed by atoms with Crippen LogP contribution in [0, 0.1) is 13.8 Å². The van der Waals surface area contributed by atoms with Gasteiger partial charge in [-0.1, -0.05) is 12.1 Å². The van der Waals surface area contributed by atoms with Gasteiger partial charge in [-0.2, -0.15) is 0 Å². The van der Waals surface area contributed by atoms with Crippen molar-refractivity contribution in [2.24, 2.45) is 0 Å². The minimum absolute atomic E-state index is 0.285. The number of aromatic nitrogens is 1. The summed E-state index contributed by atoms with van der Waals surface area (Å²) < 4.78 is 5.07. The number of pyridine rings is 1. The summed E-state index contributed by atoms with van der Waals surface area (Å²) in [6.07, 6.45) is 1.59. The Kier molecular flexibility index (Phi) is 4.83. The number of nitrogens with one attached hydrogen (secondary N) is 2. The van der Waals surface area contributed by atoms with Gasteiger partial charge in [-0.25, -0.2) is 9.78 Å². The molecule has 1 aromatic heterocycles. The molecule has 22 heavy (non-hydrogen) atoms. The second-order valence-corrected chi connectivity index (χ2v) is 4.95. The summed E-state index contributed by atoms with van der Waals surface area (Å²) in [6, 6.07) is 6.75. The minimum Gasteiger partial charge on any atom is -0.507 e. The molecule has 2 amide bonds. The molecule has 1 aromatic carbocycles. The van der Waals surface area contributed by atoms with Crippen LogP contribution in [0.25, 0.3) is 0 Å². The maximum atomic E-state index is 11.9. The molecule has 0 unspecified atom stereocenters. The molecule has 0 radical (unpaired) electrons. The molecule has 6 heteroatoms. The van der Waals surface area contributed by atoms with Crippen LogP contribution in [0.1, 0.15) is 16.7 Å². The maximum absolute atomic E-state index is 11.9. The van der Waals surface area contributed by atoms with E-state index in [1.54, 1.807) is 18.3 Å². The number of methoxy groups -OCH3 is 1. The van der Waals surface area contributed by atoms with Crippen LogP contribution in [0.4, 0.5) is 10.5 Å². The van der Waals surface area contributed by atoms with E-state index >= 15 is 0 Å². The summed E-state index contributed by atoms with van der Waals surface area (Å²) in [5.41, 5.74) is 2.99. The lowest BCUT2D eigenvalue weighted by Crippen LogP contribution is -2.28. The van der Waals surface area contributed by atoms with Crippen molar-refractivity contribution < 1.29 is 14.6 Å². The zero-order valence-corrected chi connectivity index (χ0v) is 12.8. The summed E-state index contributed by atoms with van der Waals surface area (Å²) in [6.45, 7) is 4.01. The van der Waals surface area contributed by atoms with Crippen molar-refractivity contribution in [3.63, 3.8) is 0 Å². The molecule has 2 rings (SSSR count). The molecule has 116 valence electrons. The van der Waals surface area contributed by atoms with Crippen LogP contribution < -0.4 is 15.4 Å². The summed E-state index contributed by atoms with van der Waals surface area (Å²) in [5.74, 6) is 0.641. The second-order valence-electron chi connectivity index (χ2n) is 4.95. The molecule has 0 saturated heterocycles. The Hall–Kier alpha value is -2.76. The molecule has 0 atom stereocenters. The minimum atomic E-state index is -0.352. The molecule has 3 N–H and O–H groups in total. The summed E-state index contributed by atoms with van der Waals surface area (Å²) in [4.78, 5) is 15.9. The third-order valence-corrected chi connectivity index (χ3v) is 3.22. The van der Waals surface area contributed by atoms with Crippen LogP contribution in [-0.2, 0) is 6.54 Å². The Morgan fingerprint density at radius 2 is 2.00 bits per heavy atom. The number of aryl methyl sites for hydroxylation is 2. The van der Waals surface area contributed by atoms with E-state index in [4.69, 9.17) is 4.74 Å². The molecule has 0 aliphatic rings. The number of aromatic hydroxyl groups is 1. The molecular formula is C16H19N3O3. The van der Waals surface area contributed by atoms with Crippen LogP contribution in [0.15, 0.2) is 30.5 Å². The Bertz CT molecular complexity index is 663. The van der Waals surface area contributed by atoms with E-state index in [1.165, 1.54) is 7.11 Å². The van der Waals surface area contributed by atoms with Crippen LogP contribution in [-0.4, -0.2) is 23.2 Å². The molecule has 0 saturated carbocycles. The third-order valence-electron chi connectivity index (χ3n) is 3.22. The summed E-state index contributed by atoms with van der Waals surface area (Å²) in [7, 11) is 1.49. The fourth-order valence-corrected chi connectivity index (χ4v) is 2.15. The standard InChI is InChI=1S/C16H19N3O3/c1-10-7-12(8-11(2)14(10)20)9-18-16(21)19-13-5-4-6-17-15(13)22-3/h4-8,20H,9H2,1-3H3,(H2,18,19,21). The van der Waals surface area contributed by atoms with E-state index in [1.807, 2.05) is 26.0 Å². The lowest BCUT2D eigenvalue weighted by atomic mass is 10.1. The van der Waals surface area contributed by atoms with Crippen LogP contribution in [0.2, 0.25) is 0 Å². The van der Waals surface area contributed by atoms with Gasteiger partial charge in [-0.05, 0) is 42.7 Å². The zero-order chi connectivity index (χ0) is 16.1. The van der Waals surface area contributed by atoms with Crippen molar-refractivity contribution in [2.75, 3.05) is 12.4 Å². The highest BCUT2D eigenvalue weighted by Gasteiger charge is 2.08. The normalized spacial score (nSPS) is 10.1. The number of anilines is 1. The number of hydrogen-bond donors (Lipinski definition) is 3. The molecule has 0 spiro atoms. The Labute approximate surface area is 129 Å². The maximum Gasteiger partial charge on any atom is 0.319 e. The van der Waals surface area contributed by atoms with E-state index < -0.39 is 0 Å². The van der Waals surface area contributed by atoms with Gasteiger partial charge in [0.05, 0.1) is 7.11 Å². The largest absolute Gasteiger partial charge is 0.507 e. The first-order valence-corrected chi connectivity index (χ1v) is 6.84. The van der Waals surface area contributed by atoms with Crippen molar-refractivity contribution in [1.29, 1.82) is 0 Å². The Balaban J connectivity index is 1.98. The van der Waals surface area contributed by atoms with Gasteiger partial charge < -0.3 is 20.5 Å². The number of rotatable bonds is 4. The predicted molar refractivity (Wildman–Crippen MR) is 84.2 cm³/mol. The lowest BCUT2D eigenvalue weighted by Gasteiger charge is -2.11. The lowest BCUT2D eigenvalue weighted by molar-refractivity contribution is 0.251. The Morgan fingerprint density at radius 3 is 2.64 bits per heavy atom. The number of benzene rings is 1. The number of carbonyl (C=O) groups excluding carboxylic acids is 1. The Morgan fingerprint density at radius 1 is 1.32 bits per heavy atom. The van der Waals surface area contributed by atoms with E-state index in [-0.39, 0.29) is 11.8 Å². The van der Waals surface area contributed by atoms with Crippen LogP contribution in [0.3, 0.4) is 0 Å². The van der Waals surface area contributed by atoms with E-state index in [0.717, 1.165) is 16.7 Å². The van der Waals surface area contributed by atoms with E-state index in [0.29, 0.717) is 18.1 Å². The third kappa shape index (κ3) is 3.66. The highest BCUT2D eigenvalue weighted by Crippen LogP contribution is 2.23. The molecule has 2 aromatic rings. The number of ether oxygens (including phenoxy) is 1. The first kappa shape index (κ1) is 15.6. The summed E-state index contributed by atoms with van der Waals surface area (Å²) >= 11 is 0. The predicted octanol–water partition coefficient (Wildman–Crippen LogP) is 2.73. The molecule has 1 heterocycles. The van der Waals surface area contributed by atoms with Crippen LogP contribution >= 0.6 is 0 Å².